The molecule has 0 N–H and O–H groups in total. The predicted molar refractivity (Wildman–Crippen MR) is 111 cm³/mol. The number of hydrogen-bond acceptors (Lipinski definition) is 0. The summed E-state index contributed by atoms with van der Waals surface area (Å²) in [6.45, 7) is 14.0. The topological polar surface area (TPSA) is 0 Å². The van der Waals surface area contributed by atoms with Crippen LogP contribution in [0, 0.1) is 13.8 Å². The molecule has 2 atom stereocenters. The molecule has 0 nitrogen and oxygen atoms in total. The number of hydrogen-bond donors (Lipinski definition) is 0. The van der Waals surface area contributed by atoms with Gasteiger partial charge in [-0.3, -0.25) is 0 Å². The van der Waals surface area contributed by atoms with Crippen LogP contribution in [0.2, 0.25) is 0 Å². The second-order valence-electron chi connectivity index (χ2n) is 8.25. The zero-order chi connectivity index (χ0) is 18.6. The Kier molecular flexibility index (Phi) is 7.38. The van der Waals surface area contributed by atoms with Gasteiger partial charge < -0.3 is 24.8 Å². The first kappa shape index (κ1) is 23.4. The second-order valence-corrected chi connectivity index (χ2v) is 13.0. The van der Waals surface area contributed by atoms with Gasteiger partial charge >= 0.3 is 164 Å². The third-order valence-corrected chi connectivity index (χ3v) is 12.3. The summed E-state index contributed by atoms with van der Waals surface area (Å²) in [5, 5.41) is 0. The fourth-order valence-corrected chi connectivity index (χ4v) is 10.9. The number of fused-ring (bicyclic) bond motifs is 2. The molecule has 0 bridgehead atoms. The van der Waals surface area contributed by atoms with Crippen LogP contribution in [0.15, 0.2) is 47.5 Å². The molecule has 0 heterocycles. The quantitative estimate of drug-likeness (QED) is 0.597. The van der Waals surface area contributed by atoms with Crippen LogP contribution in [-0.4, -0.2) is 3.81 Å². The van der Waals surface area contributed by atoms with E-state index in [0.717, 1.165) is 0 Å². The van der Waals surface area contributed by atoms with Crippen LogP contribution in [0.1, 0.15) is 69.5 Å². The van der Waals surface area contributed by atoms with Crippen LogP contribution in [0.25, 0.3) is 12.2 Å². The van der Waals surface area contributed by atoms with E-state index in [1.54, 1.807) is 26.1 Å². The molecule has 2 aromatic carbocycles. The van der Waals surface area contributed by atoms with Crippen LogP contribution in [0.5, 0.6) is 0 Å². The van der Waals surface area contributed by atoms with Crippen molar-refractivity contribution in [1.29, 1.82) is 0 Å². The molecule has 0 amide bonds. The van der Waals surface area contributed by atoms with Crippen LogP contribution < -0.4 is 24.8 Å². The van der Waals surface area contributed by atoms with Gasteiger partial charge in [0.05, 0.1) is 0 Å². The molecular weight excluding hydrogens is 419 g/mol. The van der Waals surface area contributed by atoms with E-state index in [4.69, 9.17) is 0 Å². The van der Waals surface area contributed by atoms with Crippen LogP contribution in [0.3, 0.4) is 0 Å². The third-order valence-electron chi connectivity index (χ3n) is 6.19. The number of benzene rings is 2. The first-order chi connectivity index (χ1) is 12.4. The smallest absolute Gasteiger partial charge is 1.00 e. The van der Waals surface area contributed by atoms with E-state index in [-0.39, 0.29) is 24.8 Å². The van der Waals surface area contributed by atoms with Crippen molar-refractivity contribution in [3.63, 3.8) is 0 Å². The van der Waals surface area contributed by atoms with Crippen LogP contribution in [0.4, 0.5) is 0 Å². The van der Waals surface area contributed by atoms with Gasteiger partial charge in [0.25, 0.3) is 0 Å². The molecule has 0 aliphatic heterocycles. The monoisotopic (exact) mass is 446 g/mol. The molecule has 0 aromatic heterocycles. The van der Waals surface area contributed by atoms with E-state index in [1.807, 2.05) is 0 Å². The van der Waals surface area contributed by atoms with Gasteiger partial charge in [0.15, 0.2) is 0 Å². The van der Waals surface area contributed by atoms with E-state index in [2.05, 4.69) is 90.1 Å². The molecule has 2 aromatic rings. The summed E-state index contributed by atoms with van der Waals surface area (Å²) in [7, 11) is 0. The van der Waals surface area contributed by atoms with Gasteiger partial charge in [-0.15, -0.1) is 0 Å². The minimum absolute atomic E-state index is 0. The van der Waals surface area contributed by atoms with Gasteiger partial charge in [0.2, 0.25) is 0 Å². The largest absolute Gasteiger partial charge is 1.00 e. The average Bonchev–Trinajstić information content (AvgIpc) is 3.09. The minimum atomic E-state index is -1.62. The molecule has 0 saturated heterocycles. The molecule has 3 heteroatoms. The Morgan fingerprint density at radius 2 is 1.07 bits per heavy atom. The predicted octanol–water partition coefficient (Wildman–Crippen LogP) is 0.758. The molecular formula is C25H28Cl2Ti. The fourth-order valence-electron chi connectivity index (χ4n) is 4.99. The Morgan fingerprint density at radius 3 is 1.43 bits per heavy atom. The van der Waals surface area contributed by atoms with Gasteiger partial charge in [-0.25, -0.2) is 0 Å². The Hall–Kier alpha value is -0.916. The minimum Gasteiger partial charge on any atom is -1.00 e. The third kappa shape index (κ3) is 3.66. The Labute approximate surface area is 188 Å². The maximum absolute atomic E-state index is 2.47. The van der Waals surface area contributed by atoms with Gasteiger partial charge in [0, 0.05) is 0 Å². The van der Waals surface area contributed by atoms with Crippen molar-refractivity contribution in [1.82, 2.24) is 0 Å². The first-order valence-corrected chi connectivity index (χ1v) is 12.2. The van der Waals surface area contributed by atoms with Gasteiger partial charge in [-0.05, 0) is 0 Å². The standard InChI is InChI=1S/2C11H11.C3H6.2ClH.Ti/c2*1-8-6-10-5-3-4-9(2)11(10)7-8;1-3-2;;;/h2*3-7H,1-2H3;1-2H3;2*1H;/q;;;;;+2/p-2. The van der Waals surface area contributed by atoms with Crippen LogP contribution in [-0.2, 0) is 17.4 Å². The summed E-state index contributed by atoms with van der Waals surface area (Å²) in [5.74, 6) is 0. The molecule has 146 valence electrons. The van der Waals surface area contributed by atoms with E-state index in [0.29, 0.717) is 8.45 Å². The molecule has 0 spiro atoms. The van der Waals surface area contributed by atoms with Crippen molar-refractivity contribution >= 4 is 16.0 Å². The molecule has 28 heavy (non-hydrogen) atoms. The second kappa shape index (κ2) is 8.84. The molecule has 2 aliphatic rings. The van der Waals surface area contributed by atoms with E-state index < -0.39 is 17.4 Å². The molecule has 0 fully saturated rings. The summed E-state index contributed by atoms with van der Waals surface area (Å²) in [4.78, 5) is 0. The summed E-state index contributed by atoms with van der Waals surface area (Å²) >= 11 is -1.62. The van der Waals surface area contributed by atoms with Crippen molar-refractivity contribution < 1.29 is 42.2 Å². The average molecular weight is 447 g/mol. The molecule has 4 rings (SSSR count). The fraction of sp³-hybridized carbons (Fsp3) is 0.320. The zero-order valence-corrected chi connectivity index (χ0v) is 20.6. The number of halogens is 2. The molecule has 0 radical (unpaired) electrons. The molecule has 2 unspecified atom stereocenters. The zero-order valence-electron chi connectivity index (χ0n) is 17.5. The van der Waals surface area contributed by atoms with Crippen molar-refractivity contribution in [2.45, 2.75) is 50.0 Å². The molecule has 0 saturated carbocycles. The number of allylic oxidation sites excluding steroid dienone is 2. The first-order valence-electron chi connectivity index (χ1n) is 9.62. The van der Waals surface area contributed by atoms with Gasteiger partial charge in [-0.2, -0.15) is 0 Å². The summed E-state index contributed by atoms with van der Waals surface area (Å²) in [5.41, 5.74) is 12.2. The van der Waals surface area contributed by atoms with Crippen molar-refractivity contribution in [2.75, 3.05) is 0 Å². The van der Waals surface area contributed by atoms with Crippen LogP contribution >= 0.6 is 0 Å². The van der Waals surface area contributed by atoms with Crippen molar-refractivity contribution in [3.05, 3.63) is 80.9 Å². The number of rotatable bonds is 2. The Morgan fingerprint density at radius 1 is 0.679 bits per heavy atom. The number of aryl methyl sites for hydroxylation is 2. The van der Waals surface area contributed by atoms with Gasteiger partial charge in [0.1, 0.15) is 0 Å². The summed E-state index contributed by atoms with van der Waals surface area (Å²) in [6, 6.07) is 13.8. The van der Waals surface area contributed by atoms with E-state index in [1.165, 1.54) is 22.3 Å². The van der Waals surface area contributed by atoms with Crippen molar-refractivity contribution in [2.24, 2.45) is 0 Å². The normalized spacial score (nSPS) is 18.6. The summed E-state index contributed by atoms with van der Waals surface area (Å²) < 4.78 is 2.99. The Bertz CT molecular complexity index is 932. The molecule has 2 aliphatic carbocycles. The van der Waals surface area contributed by atoms with Gasteiger partial charge in [-0.1, -0.05) is 0 Å². The maximum Gasteiger partial charge on any atom is -1.00 e. The van der Waals surface area contributed by atoms with Crippen molar-refractivity contribution in [3.8, 4) is 0 Å². The van der Waals surface area contributed by atoms with E-state index >= 15 is 0 Å². The van der Waals surface area contributed by atoms with E-state index in [9.17, 15) is 0 Å². The SMILES string of the molecule is CC1=Cc2c(C)cccc2[CH]1[Ti+2](=[C](C)C)[CH]1C(C)=Cc2c(C)cccc21.[Cl-].[Cl-]. The Balaban J connectivity index is 0.00000140. The maximum atomic E-state index is 2.47. The summed E-state index contributed by atoms with van der Waals surface area (Å²) in [6.07, 6.45) is 4.94.